The molecular weight excluding hydrogens is 505 g/mol. The van der Waals surface area contributed by atoms with Crippen molar-refractivity contribution >= 4 is 37.3 Å². The molecule has 1 N–H and O–H groups in total. The fraction of sp³-hybridized carbons (Fsp3) is 0.240. The molecule has 1 amide bonds. The van der Waals surface area contributed by atoms with E-state index in [-0.39, 0.29) is 15.5 Å². The summed E-state index contributed by atoms with van der Waals surface area (Å²) in [4.78, 5) is 12.8. The Kier molecular flexibility index (Phi) is 7.72. The van der Waals surface area contributed by atoms with Crippen molar-refractivity contribution in [2.75, 3.05) is 29.3 Å². The molecule has 1 saturated heterocycles. The summed E-state index contributed by atoms with van der Waals surface area (Å²) in [5.74, 6) is -1.21. The van der Waals surface area contributed by atoms with Gasteiger partial charge in [0.05, 0.1) is 15.5 Å². The third kappa shape index (κ3) is 5.75. The first-order valence-electron chi connectivity index (χ1n) is 11.4. The van der Waals surface area contributed by atoms with Crippen LogP contribution in [0.4, 0.5) is 15.8 Å². The highest BCUT2D eigenvalue weighted by Crippen LogP contribution is 2.25. The summed E-state index contributed by atoms with van der Waals surface area (Å²) in [6, 6.07) is 18.2. The predicted molar refractivity (Wildman–Crippen MR) is 135 cm³/mol. The van der Waals surface area contributed by atoms with Crippen LogP contribution >= 0.6 is 0 Å². The van der Waals surface area contributed by atoms with Gasteiger partial charge in [0.1, 0.15) is 12.4 Å². The number of carbonyl (C=O) groups is 1. The first-order valence-corrected chi connectivity index (χ1v) is 14.3. The molecule has 0 atom stereocenters. The Bertz CT molecular complexity index is 1410. The number of piperidine rings is 1. The number of rotatable bonds is 8. The van der Waals surface area contributed by atoms with Crippen LogP contribution in [-0.4, -0.2) is 46.7 Å². The molecule has 0 radical (unpaired) electrons. The number of hydrogen-bond acceptors (Lipinski definition) is 5. The van der Waals surface area contributed by atoms with Crippen molar-refractivity contribution in [2.24, 2.45) is 0 Å². The molecule has 0 aliphatic carbocycles. The number of halogens is 1. The second-order valence-corrected chi connectivity index (χ2v) is 12.1. The highest BCUT2D eigenvalue weighted by atomic mass is 32.2. The molecule has 0 aromatic heterocycles. The summed E-state index contributed by atoms with van der Waals surface area (Å²) < 4.78 is 68.0. The van der Waals surface area contributed by atoms with Gasteiger partial charge >= 0.3 is 0 Å². The molecule has 0 unspecified atom stereocenters. The van der Waals surface area contributed by atoms with Gasteiger partial charge < -0.3 is 5.32 Å². The molecular formula is C25H26FN3O5S2. The Morgan fingerprint density at radius 3 is 2.00 bits per heavy atom. The van der Waals surface area contributed by atoms with Crippen LogP contribution in [0.5, 0.6) is 0 Å². The zero-order chi connectivity index (χ0) is 25.8. The van der Waals surface area contributed by atoms with Crippen molar-refractivity contribution in [1.29, 1.82) is 0 Å². The van der Waals surface area contributed by atoms with Crippen molar-refractivity contribution in [1.82, 2.24) is 4.31 Å². The minimum Gasteiger partial charge on any atom is -0.325 e. The standard InChI is InChI=1S/C25H26FN3O5S2/c26-20-9-13-24(14-10-20)36(33,34)29(22-7-3-1-4-8-22)19-25(30)27-21-11-15-23(16-12-21)35(31,32)28-17-5-2-6-18-28/h1,3-4,7-16H,2,5-6,17-19H2,(H,27,30). The van der Waals surface area contributed by atoms with Crippen LogP contribution in [0.1, 0.15) is 19.3 Å². The van der Waals surface area contributed by atoms with Crippen LogP contribution in [-0.2, 0) is 24.8 Å². The van der Waals surface area contributed by atoms with Crippen molar-refractivity contribution in [3.63, 3.8) is 0 Å². The van der Waals surface area contributed by atoms with E-state index < -0.39 is 38.3 Å². The molecule has 8 nitrogen and oxygen atoms in total. The maximum absolute atomic E-state index is 13.3. The summed E-state index contributed by atoms with van der Waals surface area (Å²) in [7, 11) is -7.78. The van der Waals surface area contributed by atoms with E-state index in [2.05, 4.69) is 5.32 Å². The Morgan fingerprint density at radius 2 is 1.39 bits per heavy atom. The van der Waals surface area contributed by atoms with Crippen molar-refractivity contribution in [3.8, 4) is 0 Å². The lowest BCUT2D eigenvalue weighted by atomic mass is 10.2. The first kappa shape index (κ1) is 25.8. The number of nitrogens with one attached hydrogen (secondary N) is 1. The van der Waals surface area contributed by atoms with E-state index in [0.717, 1.165) is 47.8 Å². The number of benzene rings is 3. The molecule has 190 valence electrons. The topological polar surface area (TPSA) is 104 Å². The molecule has 3 aromatic rings. The molecule has 36 heavy (non-hydrogen) atoms. The van der Waals surface area contributed by atoms with E-state index in [1.165, 1.54) is 28.6 Å². The molecule has 0 spiro atoms. The number of para-hydroxylation sites is 1. The van der Waals surface area contributed by atoms with Crippen LogP contribution in [0, 0.1) is 5.82 Å². The summed E-state index contributed by atoms with van der Waals surface area (Å²) in [5, 5.41) is 2.62. The fourth-order valence-electron chi connectivity index (χ4n) is 3.94. The Labute approximate surface area is 210 Å². The summed E-state index contributed by atoms with van der Waals surface area (Å²) in [6.45, 7) is 0.425. The SMILES string of the molecule is O=C(CN(c1ccccc1)S(=O)(=O)c1ccc(F)cc1)Nc1ccc(S(=O)(=O)N2CCCCC2)cc1. The van der Waals surface area contributed by atoms with E-state index >= 15 is 0 Å². The van der Waals surface area contributed by atoms with Crippen LogP contribution < -0.4 is 9.62 Å². The van der Waals surface area contributed by atoms with Gasteiger partial charge in [-0.1, -0.05) is 24.6 Å². The normalized spacial score (nSPS) is 14.8. The van der Waals surface area contributed by atoms with Gasteiger partial charge in [-0.15, -0.1) is 0 Å². The zero-order valence-electron chi connectivity index (χ0n) is 19.4. The van der Waals surface area contributed by atoms with Crippen molar-refractivity contribution in [2.45, 2.75) is 29.1 Å². The highest BCUT2D eigenvalue weighted by molar-refractivity contribution is 7.92. The minimum absolute atomic E-state index is 0.132. The Hall–Kier alpha value is -3.28. The van der Waals surface area contributed by atoms with Gasteiger partial charge in [-0.2, -0.15) is 4.31 Å². The average Bonchev–Trinajstić information content (AvgIpc) is 2.89. The van der Waals surface area contributed by atoms with Gasteiger partial charge in [-0.25, -0.2) is 21.2 Å². The first-order chi connectivity index (χ1) is 17.2. The van der Waals surface area contributed by atoms with Crippen molar-refractivity contribution < 1.29 is 26.0 Å². The minimum atomic E-state index is -4.18. The molecule has 4 rings (SSSR count). The van der Waals surface area contributed by atoms with Crippen LogP contribution in [0.3, 0.4) is 0 Å². The summed E-state index contributed by atoms with van der Waals surface area (Å²) in [6.07, 6.45) is 2.66. The number of hydrogen-bond donors (Lipinski definition) is 1. The average molecular weight is 532 g/mol. The lowest BCUT2D eigenvalue weighted by Gasteiger charge is -2.26. The van der Waals surface area contributed by atoms with Crippen LogP contribution in [0.15, 0.2) is 88.7 Å². The number of carbonyl (C=O) groups excluding carboxylic acids is 1. The number of anilines is 2. The van der Waals surface area contributed by atoms with Gasteiger partial charge in [0.2, 0.25) is 15.9 Å². The van der Waals surface area contributed by atoms with E-state index in [9.17, 15) is 26.0 Å². The molecule has 1 fully saturated rings. The van der Waals surface area contributed by atoms with E-state index in [0.29, 0.717) is 18.8 Å². The maximum atomic E-state index is 13.3. The van der Waals surface area contributed by atoms with Crippen molar-refractivity contribution in [3.05, 3.63) is 84.7 Å². The lowest BCUT2D eigenvalue weighted by molar-refractivity contribution is -0.114. The van der Waals surface area contributed by atoms with Crippen LogP contribution in [0.25, 0.3) is 0 Å². The Morgan fingerprint density at radius 1 is 0.806 bits per heavy atom. The third-order valence-electron chi connectivity index (χ3n) is 5.82. The predicted octanol–water partition coefficient (Wildman–Crippen LogP) is 3.83. The smallest absolute Gasteiger partial charge is 0.264 e. The monoisotopic (exact) mass is 531 g/mol. The van der Waals surface area contributed by atoms with E-state index in [4.69, 9.17) is 0 Å². The largest absolute Gasteiger partial charge is 0.325 e. The second kappa shape index (κ2) is 10.8. The second-order valence-electron chi connectivity index (χ2n) is 8.34. The molecule has 3 aromatic carbocycles. The number of amides is 1. The van der Waals surface area contributed by atoms with E-state index in [1.807, 2.05) is 0 Å². The summed E-state index contributed by atoms with van der Waals surface area (Å²) >= 11 is 0. The molecule has 0 bridgehead atoms. The van der Waals surface area contributed by atoms with Gasteiger partial charge in [-0.3, -0.25) is 9.10 Å². The molecule has 11 heteroatoms. The van der Waals surface area contributed by atoms with Gasteiger partial charge in [-0.05, 0) is 73.5 Å². The number of sulfonamides is 2. The molecule has 1 aliphatic rings. The fourth-order valence-corrected chi connectivity index (χ4v) is 6.88. The van der Waals surface area contributed by atoms with Gasteiger partial charge in [0.25, 0.3) is 10.0 Å². The quantitative estimate of drug-likeness (QED) is 0.476. The van der Waals surface area contributed by atoms with Gasteiger partial charge in [0.15, 0.2) is 0 Å². The number of nitrogens with zero attached hydrogens (tertiary/aromatic N) is 2. The van der Waals surface area contributed by atoms with E-state index in [1.54, 1.807) is 30.3 Å². The maximum Gasteiger partial charge on any atom is 0.264 e. The van der Waals surface area contributed by atoms with Gasteiger partial charge in [0, 0.05) is 18.8 Å². The molecule has 1 heterocycles. The lowest BCUT2D eigenvalue weighted by Crippen LogP contribution is -2.38. The molecule has 0 saturated carbocycles. The highest BCUT2D eigenvalue weighted by Gasteiger charge is 2.28. The van der Waals surface area contributed by atoms with Crippen LogP contribution in [0.2, 0.25) is 0 Å². The Balaban J connectivity index is 1.52. The zero-order valence-corrected chi connectivity index (χ0v) is 21.0. The third-order valence-corrected chi connectivity index (χ3v) is 9.52. The molecule has 1 aliphatic heterocycles. The summed E-state index contributed by atoms with van der Waals surface area (Å²) in [5.41, 5.74) is 0.588.